The van der Waals surface area contributed by atoms with Crippen LogP contribution in [0.1, 0.15) is 6.92 Å². The topological polar surface area (TPSA) is 64.3 Å². The molecule has 2 aromatic rings. The Labute approximate surface area is 122 Å². The maximum Gasteiger partial charge on any atom is 0.221 e. The number of hydrogen-bond donors (Lipinski definition) is 2. The van der Waals surface area contributed by atoms with Gasteiger partial charge in [-0.15, -0.1) is 0 Å². The zero-order valence-electron chi connectivity index (χ0n) is 11.3. The van der Waals surface area contributed by atoms with Gasteiger partial charge in [-0.2, -0.15) is 0 Å². The fourth-order valence-corrected chi connectivity index (χ4v) is 2.55. The predicted octanol–water partition coefficient (Wildman–Crippen LogP) is 3.39. The van der Waals surface area contributed by atoms with Gasteiger partial charge >= 0.3 is 0 Å². The van der Waals surface area contributed by atoms with Gasteiger partial charge in [0.15, 0.2) is 0 Å². The zero-order valence-corrected chi connectivity index (χ0v) is 12.2. The van der Waals surface area contributed by atoms with Crippen molar-refractivity contribution in [2.24, 2.45) is 0 Å². The van der Waals surface area contributed by atoms with Crippen LogP contribution < -0.4 is 15.8 Å². The molecule has 3 N–H and O–H groups in total. The molecule has 0 heterocycles. The summed E-state index contributed by atoms with van der Waals surface area (Å²) in [5.74, 6) is 0.694. The van der Waals surface area contributed by atoms with Crippen LogP contribution in [0.5, 0.6) is 5.75 Å². The van der Waals surface area contributed by atoms with Crippen molar-refractivity contribution in [3.05, 3.63) is 42.5 Å². The second-order valence-corrected chi connectivity index (χ2v) is 5.33. The maximum atomic E-state index is 11.0. The first-order valence-electron chi connectivity index (χ1n) is 6.07. The molecule has 4 nitrogen and oxygen atoms in total. The van der Waals surface area contributed by atoms with Gasteiger partial charge in [0.1, 0.15) is 5.75 Å². The highest BCUT2D eigenvalue weighted by Gasteiger charge is 2.04. The summed E-state index contributed by atoms with van der Waals surface area (Å²) in [6.07, 6.45) is 0. The molecule has 0 spiro atoms. The standard InChI is InChI=1S/C15H16N2O2S/c1-10(18)17-11-3-6-13(7-4-11)20-15-9-12(19-2)5-8-14(15)16/h3-9H,16H2,1-2H3,(H,17,18). The lowest BCUT2D eigenvalue weighted by atomic mass is 10.3. The van der Waals surface area contributed by atoms with E-state index in [9.17, 15) is 4.79 Å². The Bertz CT molecular complexity index is 612. The molecule has 1 amide bonds. The van der Waals surface area contributed by atoms with Crippen LogP contribution in [0, 0.1) is 0 Å². The van der Waals surface area contributed by atoms with Crippen molar-refractivity contribution >= 4 is 29.0 Å². The van der Waals surface area contributed by atoms with E-state index in [2.05, 4.69) is 5.32 Å². The number of anilines is 2. The van der Waals surface area contributed by atoms with E-state index in [1.807, 2.05) is 42.5 Å². The van der Waals surface area contributed by atoms with E-state index < -0.39 is 0 Å². The highest BCUT2D eigenvalue weighted by molar-refractivity contribution is 7.99. The van der Waals surface area contributed by atoms with Gasteiger partial charge in [-0.25, -0.2) is 0 Å². The Morgan fingerprint density at radius 2 is 1.90 bits per heavy atom. The molecule has 0 unspecified atom stereocenters. The Morgan fingerprint density at radius 3 is 2.50 bits per heavy atom. The number of amides is 1. The smallest absolute Gasteiger partial charge is 0.221 e. The first-order valence-corrected chi connectivity index (χ1v) is 6.89. The summed E-state index contributed by atoms with van der Waals surface area (Å²) >= 11 is 1.55. The van der Waals surface area contributed by atoms with Crippen LogP contribution in [0.25, 0.3) is 0 Å². The number of methoxy groups -OCH3 is 1. The van der Waals surface area contributed by atoms with Crippen LogP contribution in [0.3, 0.4) is 0 Å². The summed E-state index contributed by atoms with van der Waals surface area (Å²) < 4.78 is 5.19. The third-order valence-corrected chi connectivity index (χ3v) is 3.70. The summed E-state index contributed by atoms with van der Waals surface area (Å²) in [5.41, 5.74) is 7.44. The van der Waals surface area contributed by atoms with E-state index in [0.29, 0.717) is 5.69 Å². The second kappa shape index (κ2) is 6.34. The third-order valence-electron chi connectivity index (χ3n) is 2.62. The fraction of sp³-hybridized carbons (Fsp3) is 0.133. The molecule has 2 aromatic carbocycles. The van der Waals surface area contributed by atoms with Crippen molar-refractivity contribution in [3.8, 4) is 5.75 Å². The number of rotatable bonds is 4. The molecule has 104 valence electrons. The van der Waals surface area contributed by atoms with Crippen molar-refractivity contribution in [1.29, 1.82) is 0 Å². The first kappa shape index (κ1) is 14.3. The number of benzene rings is 2. The number of nitrogens with two attached hydrogens (primary N) is 1. The Morgan fingerprint density at radius 1 is 1.20 bits per heavy atom. The van der Waals surface area contributed by atoms with Crippen molar-refractivity contribution in [2.75, 3.05) is 18.2 Å². The molecule has 0 bridgehead atoms. The van der Waals surface area contributed by atoms with E-state index in [1.165, 1.54) is 6.92 Å². The average Bonchev–Trinajstić information content (AvgIpc) is 2.43. The molecule has 0 fully saturated rings. The molecule has 0 saturated heterocycles. The lowest BCUT2D eigenvalue weighted by Crippen LogP contribution is -2.05. The molecule has 0 aliphatic heterocycles. The molecular weight excluding hydrogens is 272 g/mol. The van der Waals surface area contributed by atoms with Gasteiger partial charge in [-0.05, 0) is 42.5 Å². The van der Waals surface area contributed by atoms with Gasteiger partial charge in [0.2, 0.25) is 5.91 Å². The predicted molar refractivity (Wildman–Crippen MR) is 82.3 cm³/mol. The quantitative estimate of drug-likeness (QED) is 0.846. The van der Waals surface area contributed by atoms with Gasteiger partial charge in [0.25, 0.3) is 0 Å². The van der Waals surface area contributed by atoms with Crippen molar-refractivity contribution in [2.45, 2.75) is 16.7 Å². The molecule has 0 aliphatic rings. The van der Waals surface area contributed by atoms with Gasteiger partial charge in [0.05, 0.1) is 7.11 Å². The van der Waals surface area contributed by atoms with Gasteiger partial charge in [-0.3, -0.25) is 4.79 Å². The van der Waals surface area contributed by atoms with Crippen LogP contribution >= 0.6 is 11.8 Å². The summed E-state index contributed by atoms with van der Waals surface area (Å²) in [4.78, 5) is 12.9. The van der Waals surface area contributed by atoms with Crippen LogP contribution in [-0.4, -0.2) is 13.0 Å². The second-order valence-electron chi connectivity index (χ2n) is 4.21. The van der Waals surface area contributed by atoms with Crippen LogP contribution in [0.15, 0.2) is 52.3 Å². The van der Waals surface area contributed by atoms with E-state index in [1.54, 1.807) is 18.9 Å². The van der Waals surface area contributed by atoms with Crippen LogP contribution in [0.2, 0.25) is 0 Å². The molecule has 0 aliphatic carbocycles. The van der Waals surface area contributed by atoms with E-state index in [0.717, 1.165) is 21.2 Å². The van der Waals surface area contributed by atoms with Crippen LogP contribution in [0.4, 0.5) is 11.4 Å². The molecule has 0 aromatic heterocycles. The lowest BCUT2D eigenvalue weighted by Gasteiger charge is -2.08. The van der Waals surface area contributed by atoms with Gasteiger partial charge in [0, 0.05) is 28.1 Å². The highest BCUT2D eigenvalue weighted by Crippen LogP contribution is 2.34. The molecule has 5 heteroatoms. The lowest BCUT2D eigenvalue weighted by molar-refractivity contribution is -0.114. The molecule has 0 atom stereocenters. The molecule has 0 saturated carbocycles. The number of hydrogen-bond acceptors (Lipinski definition) is 4. The maximum absolute atomic E-state index is 11.0. The average molecular weight is 288 g/mol. The molecule has 0 radical (unpaired) electrons. The third kappa shape index (κ3) is 3.68. The first-order chi connectivity index (χ1) is 9.58. The number of ether oxygens (including phenoxy) is 1. The van der Waals surface area contributed by atoms with E-state index in [4.69, 9.17) is 10.5 Å². The van der Waals surface area contributed by atoms with Crippen molar-refractivity contribution in [3.63, 3.8) is 0 Å². The number of nitrogen functional groups attached to an aromatic ring is 1. The Kier molecular flexibility index (Phi) is 4.53. The van der Waals surface area contributed by atoms with E-state index >= 15 is 0 Å². The zero-order chi connectivity index (χ0) is 14.5. The monoisotopic (exact) mass is 288 g/mol. The fourth-order valence-electron chi connectivity index (χ4n) is 1.67. The SMILES string of the molecule is COc1ccc(N)c(Sc2ccc(NC(C)=O)cc2)c1. The van der Waals surface area contributed by atoms with Crippen LogP contribution in [-0.2, 0) is 4.79 Å². The largest absolute Gasteiger partial charge is 0.497 e. The van der Waals surface area contributed by atoms with Gasteiger partial charge < -0.3 is 15.8 Å². The Balaban J connectivity index is 2.15. The minimum absolute atomic E-state index is 0.0811. The molecule has 20 heavy (non-hydrogen) atoms. The molecular formula is C15H16N2O2S. The minimum atomic E-state index is -0.0811. The summed E-state index contributed by atoms with van der Waals surface area (Å²) in [6, 6.07) is 13.2. The normalized spacial score (nSPS) is 10.1. The highest BCUT2D eigenvalue weighted by atomic mass is 32.2. The van der Waals surface area contributed by atoms with Crippen molar-refractivity contribution in [1.82, 2.24) is 0 Å². The molecule has 2 rings (SSSR count). The summed E-state index contributed by atoms with van der Waals surface area (Å²) in [6.45, 7) is 1.49. The number of carbonyl (C=O) groups excluding carboxylic acids is 1. The Hall–Kier alpha value is -2.14. The van der Waals surface area contributed by atoms with Gasteiger partial charge in [-0.1, -0.05) is 11.8 Å². The summed E-state index contributed by atoms with van der Waals surface area (Å²) in [7, 11) is 1.63. The van der Waals surface area contributed by atoms with Crippen molar-refractivity contribution < 1.29 is 9.53 Å². The summed E-state index contributed by atoms with van der Waals surface area (Å²) in [5, 5.41) is 2.73. The number of nitrogens with one attached hydrogen (secondary N) is 1. The minimum Gasteiger partial charge on any atom is -0.497 e. The van der Waals surface area contributed by atoms with E-state index in [-0.39, 0.29) is 5.91 Å². The number of carbonyl (C=O) groups is 1.